The molecule has 1 N–H and O–H groups in total. The maximum Gasteiger partial charge on any atom is 0.245 e. The van der Waals surface area contributed by atoms with Crippen molar-refractivity contribution in [1.82, 2.24) is 19.4 Å². The summed E-state index contributed by atoms with van der Waals surface area (Å²) in [5.74, 6) is -0.931. The third-order valence-electron chi connectivity index (χ3n) is 6.99. The maximum absolute atomic E-state index is 13.8. The van der Waals surface area contributed by atoms with Gasteiger partial charge in [0.25, 0.3) is 0 Å². The largest absolute Gasteiger partial charge is 0.346 e. The van der Waals surface area contributed by atoms with Crippen molar-refractivity contribution in [2.45, 2.75) is 31.2 Å². The molecule has 0 aliphatic heterocycles. The van der Waals surface area contributed by atoms with E-state index in [2.05, 4.69) is 11.4 Å². The third kappa shape index (κ3) is 10.0. The van der Waals surface area contributed by atoms with Crippen LogP contribution in [0.25, 0.3) is 0 Å². The average Bonchev–Trinajstić information content (AvgIpc) is 3.00. The molecule has 3 aromatic carbocycles. The fraction of sp³-hybridized carbons (Fsp3) is 0.344. The number of hydrogen-bond donors (Lipinski definition) is 1. The highest BCUT2D eigenvalue weighted by molar-refractivity contribution is 7.89. The smallest absolute Gasteiger partial charge is 0.245 e. The molecule has 0 saturated carbocycles. The van der Waals surface area contributed by atoms with Gasteiger partial charge in [0.2, 0.25) is 21.8 Å². The van der Waals surface area contributed by atoms with Crippen LogP contribution >= 0.6 is 23.2 Å². The summed E-state index contributed by atoms with van der Waals surface area (Å²) < 4.78 is 28.6. The number of sulfonamides is 1. The zero-order valence-electron chi connectivity index (χ0n) is 25.1. The first-order valence-corrected chi connectivity index (χ1v) is 16.3. The zero-order valence-corrected chi connectivity index (χ0v) is 27.4. The van der Waals surface area contributed by atoms with E-state index >= 15 is 0 Å². The van der Waals surface area contributed by atoms with Crippen LogP contribution in [0.2, 0.25) is 10.0 Å². The van der Waals surface area contributed by atoms with Crippen molar-refractivity contribution >= 4 is 45.0 Å². The molecule has 0 saturated heterocycles. The van der Waals surface area contributed by atoms with E-state index in [1.807, 2.05) is 49.3 Å². The molecule has 12 heteroatoms. The van der Waals surface area contributed by atoms with E-state index in [4.69, 9.17) is 28.5 Å². The Balaban J connectivity index is 1.75. The molecule has 234 valence electrons. The number of hydrogen-bond acceptors (Lipinski definition) is 6. The highest BCUT2D eigenvalue weighted by Crippen LogP contribution is 2.32. The number of nitrogens with zero attached hydrogens (tertiary/aromatic N) is 4. The molecule has 0 fully saturated rings. The summed E-state index contributed by atoms with van der Waals surface area (Å²) in [6.45, 7) is 2.36. The molecule has 0 radical (unpaired) electrons. The summed E-state index contributed by atoms with van der Waals surface area (Å²) in [4.78, 5) is 29.9. The topological polar surface area (TPSA) is 114 Å². The summed E-state index contributed by atoms with van der Waals surface area (Å²) in [6.07, 6.45) is 1.08. The Kier molecular flexibility index (Phi) is 13.2. The number of halogens is 2. The second-order valence-corrected chi connectivity index (χ2v) is 13.3. The molecule has 0 atom stereocenters. The number of amides is 2. The normalized spacial score (nSPS) is 11.4. The second-order valence-electron chi connectivity index (χ2n) is 10.6. The van der Waals surface area contributed by atoms with Crippen LogP contribution in [0.4, 0.5) is 0 Å². The van der Waals surface area contributed by atoms with Crippen LogP contribution in [0.15, 0.2) is 71.6 Å². The number of nitrogens with one attached hydrogen (secondary N) is 1. The Morgan fingerprint density at radius 2 is 1.59 bits per heavy atom. The van der Waals surface area contributed by atoms with Crippen molar-refractivity contribution in [1.29, 1.82) is 5.26 Å². The molecule has 3 rings (SSSR count). The van der Waals surface area contributed by atoms with Gasteiger partial charge >= 0.3 is 0 Å². The molecular weight excluding hydrogens is 621 g/mol. The van der Waals surface area contributed by atoms with Gasteiger partial charge in [0.05, 0.1) is 29.7 Å². The highest BCUT2D eigenvalue weighted by Gasteiger charge is 2.30. The maximum atomic E-state index is 13.8. The van der Waals surface area contributed by atoms with Gasteiger partial charge in [0.1, 0.15) is 4.90 Å². The lowest BCUT2D eigenvalue weighted by atomic mass is 10.1. The average molecular weight is 659 g/mol. The Hall–Kier alpha value is -3.46. The first-order valence-electron chi connectivity index (χ1n) is 14.1. The van der Waals surface area contributed by atoms with Crippen LogP contribution in [0.1, 0.15) is 28.7 Å². The Labute approximate surface area is 270 Å². The molecule has 9 nitrogen and oxygen atoms in total. The van der Waals surface area contributed by atoms with Gasteiger partial charge in [0.15, 0.2) is 0 Å². The van der Waals surface area contributed by atoms with Crippen LogP contribution in [-0.2, 0) is 32.6 Å². The van der Waals surface area contributed by atoms with E-state index in [-0.39, 0.29) is 28.9 Å². The van der Waals surface area contributed by atoms with Crippen molar-refractivity contribution < 1.29 is 18.0 Å². The fourth-order valence-electron chi connectivity index (χ4n) is 4.43. The van der Waals surface area contributed by atoms with Crippen molar-refractivity contribution in [3.8, 4) is 6.07 Å². The fourth-order valence-corrected chi connectivity index (χ4v) is 6.61. The predicted molar refractivity (Wildman–Crippen MR) is 173 cm³/mol. The number of rotatable bonds is 15. The van der Waals surface area contributed by atoms with Gasteiger partial charge in [0, 0.05) is 24.7 Å². The van der Waals surface area contributed by atoms with E-state index in [0.717, 1.165) is 28.4 Å². The molecule has 0 bridgehead atoms. The van der Waals surface area contributed by atoms with Crippen LogP contribution in [-0.4, -0.2) is 81.2 Å². The Bertz CT molecular complexity index is 1580. The first kappa shape index (κ1) is 35.0. The SMILES string of the molecule is Cc1c(Cl)ccc(S(=O)(=O)N(CCc2ccccc2)CC(=O)NCC(=O)N(CCCN(C)C)Cc2ccc(C#N)cc2)c1Cl. The van der Waals surface area contributed by atoms with Gasteiger partial charge < -0.3 is 15.1 Å². The summed E-state index contributed by atoms with van der Waals surface area (Å²) in [6, 6.07) is 21.2. The minimum absolute atomic E-state index is 0.00559. The summed E-state index contributed by atoms with van der Waals surface area (Å²) in [5.41, 5.74) is 2.69. The highest BCUT2D eigenvalue weighted by atomic mass is 35.5. The van der Waals surface area contributed by atoms with Gasteiger partial charge in [-0.05, 0) is 81.4 Å². The van der Waals surface area contributed by atoms with Crippen LogP contribution < -0.4 is 5.32 Å². The summed E-state index contributed by atoms with van der Waals surface area (Å²) in [5, 5.41) is 12.0. The number of carbonyl (C=O) groups excluding carboxylic acids is 2. The minimum atomic E-state index is -4.20. The van der Waals surface area contributed by atoms with Gasteiger partial charge in [-0.15, -0.1) is 0 Å². The quantitative estimate of drug-likeness (QED) is 0.257. The molecule has 0 heterocycles. The monoisotopic (exact) mass is 657 g/mol. The molecule has 0 aliphatic carbocycles. The van der Waals surface area contributed by atoms with Crippen LogP contribution in [0.5, 0.6) is 0 Å². The summed E-state index contributed by atoms with van der Waals surface area (Å²) >= 11 is 12.5. The van der Waals surface area contributed by atoms with E-state index in [1.165, 1.54) is 12.1 Å². The van der Waals surface area contributed by atoms with Crippen molar-refractivity contribution in [2.75, 3.05) is 46.8 Å². The van der Waals surface area contributed by atoms with Gasteiger partial charge in [-0.1, -0.05) is 65.7 Å². The lowest BCUT2D eigenvalue weighted by molar-refractivity contribution is -0.133. The van der Waals surface area contributed by atoms with Crippen molar-refractivity contribution in [3.63, 3.8) is 0 Å². The molecule has 44 heavy (non-hydrogen) atoms. The molecule has 2 amide bonds. The van der Waals surface area contributed by atoms with E-state index in [1.54, 1.807) is 36.1 Å². The third-order valence-corrected chi connectivity index (χ3v) is 9.89. The lowest BCUT2D eigenvalue weighted by Gasteiger charge is -2.25. The number of benzene rings is 3. The van der Waals surface area contributed by atoms with E-state index in [9.17, 15) is 18.0 Å². The predicted octanol–water partition coefficient (Wildman–Crippen LogP) is 4.50. The van der Waals surface area contributed by atoms with Crippen molar-refractivity contribution in [3.05, 3.63) is 99.0 Å². The van der Waals surface area contributed by atoms with Gasteiger partial charge in [-0.2, -0.15) is 9.57 Å². The van der Waals surface area contributed by atoms with E-state index in [0.29, 0.717) is 35.7 Å². The molecular formula is C32H37Cl2N5O4S. The van der Waals surface area contributed by atoms with Gasteiger partial charge in [-0.25, -0.2) is 8.42 Å². The molecule has 0 aromatic heterocycles. The van der Waals surface area contributed by atoms with Crippen LogP contribution in [0.3, 0.4) is 0 Å². The Morgan fingerprint density at radius 3 is 2.23 bits per heavy atom. The summed E-state index contributed by atoms with van der Waals surface area (Å²) in [7, 11) is -0.304. The Morgan fingerprint density at radius 1 is 0.909 bits per heavy atom. The molecule has 3 aromatic rings. The number of carbonyl (C=O) groups is 2. The van der Waals surface area contributed by atoms with Crippen molar-refractivity contribution in [2.24, 2.45) is 0 Å². The number of nitriles is 1. The molecule has 0 unspecified atom stereocenters. The van der Waals surface area contributed by atoms with Crippen LogP contribution in [0, 0.1) is 18.3 Å². The second kappa shape index (κ2) is 16.6. The molecule has 0 spiro atoms. The standard InChI is InChI=1S/C32H37Cl2N5O4S/c1-24-28(33)14-15-29(32(24)34)44(42,43)39(19-16-25-8-5-4-6-9-25)23-30(40)36-21-31(41)38(18-7-17-37(2)3)22-27-12-10-26(20-35)11-13-27/h4-6,8-15H,7,16-19,21-23H2,1-3H3,(H,36,40). The molecule has 0 aliphatic rings. The van der Waals surface area contributed by atoms with Gasteiger partial charge in [-0.3, -0.25) is 9.59 Å². The zero-order chi connectivity index (χ0) is 32.3. The minimum Gasteiger partial charge on any atom is -0.346 e. The van der Waals surface area contributed by atoms with E-state index < -0.39 is 22.5 Å². The first-order chi connectivity index (χ1) is 20.9. The lowest BCUT2D eigenvalue weighted by Crippen LogP contribution is -2.45.